The molecule has 4 heteroatoms. The topological polar surface area (TPSA) is 55.2 Å². The van der Waals surface area contributed by atoms with E-state index < -0.39 is 4.92 Å². The van der Waals surface area contributed by atoms with E-state index in [9.17, 15) is 10.1 Å². The van der Waals surface area contributed by atoms with E-state index in [4.69, 9.17) is 0 Å². The highest BCUT2D eigenvalue weighted by Gasteiger charge is 2.16. The van der Waals surface area contributed by atoms with Crippen molar-refractivity contribution in [2.45, 2.75) is 0 Å². The van der Waals surface area contributed by atoms with E-state index in [1.807, 2.05) is 25.7 Å². The number of nitro groups is 1. The van der Waals surface area contributed by atoms with Crippen molar-refractivity contribution >= 4 is 11.4 Å². The Bertz CT molecular complexity index is 356. The van der Waals surface area contributed by atoms with Gasteiger partial charge in [-0.25, -0.2) is 0 Å². The third kappa shape index (κ3) is 2.72. The number of nitrogens with zero attached hydrogens (tertiary/aromatic N) is 1. The maximum Gasteiger partial charge on any atom is 0.269 e. The van der Waals surface area contributed by atoms with Gasteiger partial charge in [0.1, 0.15) is 0 Å². The van der Waals surface area contributed by atoms with Gasteiger partial charge in [0.2, 0.25) is 0 Å². The third-order valence-corrected chi connectivity index (χ3v) is 2.31. The zero-order chi connectivity index (χ0) is 11.4. The van der Waals surface area contributed by atoms with Crippen LogP contribution in [0.5, 0.6) is 0 Å². The summed E-state index contributed by atoms with van der Waals surface area (Å²) in [6, 6.07) is 6.41. The zero-order valence-corrected chi connectivity index (χ0v) is 8.59. The Labute approximate surface area is 94.8 Å². The van der Waals surface area contributed by atoms with Crippen molar-refractivity contribution in [1.29, 1.82) is 0 Å². The average Bonchev–Trinajstić information content (AvgIpc) is 2.80. The van der Waals surface area contributed by atoms with Crippen LogP contribution in [0.2, 0.25) is 0 Å². The molecule has 5 radical (unpaired) electrons. The Morgan fingerprint density at radius 1 is 1.12 bits per heavy atom. The molecule has 0 amide bonds. The highest BCUT2D eigenvalue weighted by molar-refractivity contribution is 5.50. The van der Waals surface area contributed by atoms with Crippen LogP contribution in [0.3, 0.4) is 0 Å². The summed E-state index contributed by atoms with van der Waals surface area (Å²) in [5.41, 5.74) is 0.991. The van der Waals surface area contributed by atoms with Crippen LogP contribution in [0, 0.1) is 41.7 Å². The molecular weight excluding hydrogens is 204 g/mol. The third-order valence-electron chi connectivity index (χ3n) is 2.31. The fraction of sp³-hybridized carbons (Fsp3) is 0.0833. The molecule has 1 fully saturated rings. The molecule has 81 valence electrons. The molecule has 0 aliphatic heterocycles. The second-order valence-corrected chi connectivity index (χ2v) is 3.45. The molecule has 0 spiro atoms. The van der Waals surface area contributed by atoms with Gasteiger partial charge in [0.25, 0.3) is 5.69 Å². The van der Waals surface area contributed by atoms with Gasteiger partial charge in [-0.1, -0.05) is 0 Å². The highest BCUT2D eigenvalue weighted by Crippen LogP contribution is 2.23. The van der Waals surface area contributed by atoms with Gasteiger partial charge in [-0.15, -0.1) is 0 Å². The fourth-order valence-electron chi connectivity index (χ4n) is 1.44. The monoisotopic (exact) mass is 215 g/mol. The minimum atomic E-state index is -0.402. The van der Waals surface area contributed by atoms with Gasteiger partial charge in [-0.05, 0) is 37.8 Å². The lowest BCUT2D eigenvalue weighted by Gasteiger charge is -2.10. The first kappa shape index (κ1) is 10.9. The number of non-ortho nitro benzene ring substituents is 1. The molecule has 0 unspecified atom stereocenters. The van der Waals surface area contributed by atoms with Crippen molar-refractivity contribution < 1.29 is 4.92 Å². The summed E-state index contributed by atoms with van der Waals surface area (Å²) in [7, 11) is 0. The van der Waals surface area contributed by atoms with Crippen LogP contribution in [-0.4, -0.2) is 11.5 Å². The molecule has 2 rings (SSSR count). The standard InChI is InChI=1S/C12H11N2O2/c15-14(16)12-7-5-11(6-8-12)13-9-10-3-1-2-4-10/h1-8,13H,9H2. The van der Waals surface area contributed by atoms with Crippen LogP contribution in [0.15, 0.2) is 24.3 Å². The molecule has 0 atom stereocenters. The van der Waals surface area contributed by atoms with Crippen LogP contribution in [0.4, 0.5) is 11.4 Å². The Kier molecular flexibility index (Phi) is 3.39. The Balaban J connectivity index is 1.87. The summed E-state index contributed by atoms with van der Waals surface area (Å²) < 4.78 is 0. The van der Waals surface area contributed by atoms with Crippen LogP contribution >= 0.6 is 0 Å². The lowest BCUT2D eigenvalue weighted by molar-refractivity contribution is -0.384. The lowest BCUT2D eigenvalue weighted by Crippen LogP contribution is -2.09. The summed E-state index contributed by atoms with van der Waals surface area (Å²) in [5, 5.41) is 13.6. The molecule has 0 saturated heterocycles. The number of hydrogen-bond acceptors (Lipinski definition) is 3. The van der Waals surface area contributed by atoms with Gasteiger partial charge < -0.3 is 5.32 Å². The van der Waals surface area contributed by atoms with Crippen LogP contribution < -0.4 is 5.32 Å². The number of anilines is 1. The molecule has 1 aliphatic rings. The van der Waals surface area contributed by atoms with Gasteiger partial charge in [0.05, 0.1) is 4.92 Å². The van der Waals surface area contributed by atoms with E-state index in [-0.39, 0.29) is 5.69 Å². The summed E-state index contributed by atoms with van der Waals surface area (Å²) in [4.78, 5) is 10.0. The molecule has 16 heavy (non-hydrogen) atoms. The number of nitrogens with one attached hydrogen (secondary N) is 1. The summed E-state index contributed by atoms with van der Waals surface area (Å²) in [6.07, 6.45) is 8.01. The molecule has 1 saturated carbocycles. The quantitative estimate of drug-likeness (QED) is 0.619. The summed E-state index contributed by atoms with van der Waals surface area (Å²) in [5.74, 6) is 1.19. The smallest absolute Gasteiger partial charge is 0.269 e. The first-order valence-corrected chi connectivity index (χ1v) is 4.94. The zero-order valence-electron chi connectivity index (χ0n) is 8.59. The molecule has 0 aromatic heterocycles. The number of hydrogen-bond donors (Lipinski definition) is 1. The molecule has 1 aromatic carbocycles. The van der Waals surface area contributed by atoms with E-state index >= 15 is 0 Å². The molecule has 1 N–H and O–H groups in total. The van der Waals surface area contributed by atoms with E-state index in [1.165, 1.54) is 18.1 Å². The van der Waals surface area contributed by atoms with Crippen LogP contribution in [-0.2, 0) is 0 Å². The predicted molar refractivity (Wildman–Crippen MR) is 62.0 cm³/mol. The maximum absolute atomic E-state index is 10.4. The molecule has 4 nitrogen and oxygen atoms in total. The van der Waals surface area contributed by atoms with Crippen LogP contribution in [0.25, 0.3) is 0 Å². The van der Waals surface area contributed by atoms with Crippen molar-refractivity contribution in [1.82, 2.24) is 0 Å². The summed E-state index contributed by atoms with van der Waals surface area (Å²) >= 11 is 0. The first-order chi connectivity index (χ1) is 7.75. The van der Waals surface area contributed by atoms with Crippen molar-refractivity contribution in [2.75, 3.05) is 11.9 Å². The Morgan fingerprint density at radius 2 is 1.75 bits per heavy atom. The van der Waals surface area contributed by atoms with Crippen molar-refractivity contribution in [3.05, 3.63) is 66.0 Å². The molecule has 0 heterocycles. The largest absolute Gasteiger partial charge is 0.384 e. The van der Waals surface area contributed by atoms with Gasteiger partial charge in [0.15, 0.2) is 0 Å². The minimum Gasteiger partial charge on any atom is -0.384 e. The highest BCUT2D eigenvalue weighted by atomic mass is 16.6. The molecule has 1 aromatic rings. The van der Waals surface area contributed by atoms with E-state index in [1.54, 1.807) is 12.1 Å². The van der Waals surface area contributed by atoms with Crippen molar-refractivity contribution in [2.24, 2.45) is 0 Å². The Hall–Kier alpha value is -1.58. The SMILES string of the molecule is O=[N+]([O-])c1ccc(NC[C]2[CH][CH][CH][CH]2)cc1. The van der Waals surface area contributed by atoms with E-state index in [2.05, 4.69) is 5.32 Å². The molecule has 0 bridgehead atoms. The van der Waals surface area contributed by atoms with Gasteiger partial charge in [-0.3, -0.25) is 10.1 Å². The van der Waals surface area contributed by atoms with Gasteiger partial charge in [-0.2, -0.15) is 0 Å². The van der Waals surface area contributed by atoms with Gasteiger partial charge >= 0.3 is 0 Å². The number of nitro benzene ring substituents is 1. The minimum absolute atomic E-state index is 0.110. The van der Waals surface area contributed by atoms with Gasteiger partial charge in [0, 0.05) is 30.3 Å². The van der Waals surface area contributed by atoms with Crippen molar-refractivity contribution in [3.8, 4) is 0 Å². The second-order valence-electron chi connectivity index (χ2n) is 3.45. The Morgan fingerprint density at radius 3 is 2.31 bits per heavy atom. The van der Waals surface area contributed by atoms with E-state index in [0.29, 0.717) is 0 Å². The van der Waals surface area contributed by atoms with Crippen molar-refractivity contribution in [3.63, 3.8) is 0 Å². The van der Waals surface area contributed by atoms with E-state index in [0.717, 1.165) is 12.2 Å². The maximum atomic E-state index is 10.4. The fourth-order valence-corrected chi connectivity index (χ4v) is 1.44. The normalized spacial score (nSPS) is 16.2. The summed E-state index contributed by atoms with van der Waals surface area (Å²) in [6.45, 7) is 0.727. The average molecular weight is 215 g/mol. The molecule has 1 aliphatic carbocycles. The second kappa shape index (κ2) is 4.96. The predicted octanol–water partition coefficient (Wildman–Crippen LogP) is 2.41. The lowest BCUT2D eigenvalue weighted by atomic mass is 10.1. The number of rotatable bonds is 4. The van der Waals surface area contributed by atoms with Crippen LogP contribution in [0.1, 0.15) is 0 Å². The first-order valence-electron chi connectivity index (χ1n) is 4.94. The molecular formula is C12H11N2O2. The number of benzene rings is 1.